The van der Waals surface area contributed by atoms with Gasteiger partial charge in [0, 0.05) is 25.6 Å². The van der Waals surface area contributed by atoms with E-state index >= 15 is 0 Å². The highest BCUT2D eigenvalue weighted by Crippen LogP contribution is 2.35. The van der Waals surface area contributed by atoms with Crippen molar-refractivity contribution < 1.29 is 42.2 Å². The number of sulfone groups is 1. The Balaban J connectivity index is 1.47. The molecule has 3 fully saturated rings. The molecule has 3 aliphatic rings. The number of rotatable bonds is 15. The molecule has 0 bridgehead atoms. The summed E-state index contributed by atoms with van der Waals surface area (Å²) in [4.78, 5) is 69.7. The van der Waals surface area contributed by atoms with E-state index in [9.17, 15) is 37.5 Å². The summed E-state index contributed by atoms with van der Waals surface area (Å²) in [6, 6.07) is 2.67. The Morgan fingerprint density at radius 3 is 2.30 bits per heavy atom. The number of nitrogens with zero attached hydrogens (tertiary/aromatic N) is 4. The Morgan fingerprint density at radius 1 is 1.04 bits per heavy atom. The lowest BCUT2D eigenvalue weighted by Crippen LogP contribution is -2.62. The van der Waals surface area contributed by atoms with E-state index in [1.165, 1.54) is 47.2 Å². The summed E-state index contributed by atoms with van der Waals surface area (Å²) < 4.78 is 31.7. The van der Waals surface area contributed by atoms with Gasteiger partial charge in [0.05, 0.1) is 35.2 Å². The predicted molar refractivity (Wildman–Crippen MR) is 195 cm³/mol. The fraction of sp³-hybridized carbons (Fsp3) is 0.649. The third-order valence-corrected chi connectivity index (χ3v) is 12.8. The van der Waals surface area contributed by atoms with Crippen LogP contribution in [0.2, 0.25) is 0 Å². The normalized spacial score (nSPS) is 21.3. The van der Waals surface area contributed by atoms with Crippen molar-refractivity contribution in [3.63, 3.8) is 0 Å². The van der Waals surface area contributed by atoms with E-state index in [0.717, 1.165) is 38.5 Å². The Labute approximate surface area is 315 Å². The van der Waals surface area contributed by atoms with Gasteiger partial charge in [0.25, 0.3) is 11.8 Å². The second-order valence-electron chi connectivity index (χ2n) is 15.4. The molecule has 0 spiro atoms. The smallest absolute Gasteiger partial charge is 0.287 e. The van der Waals surface area contributed by atoms with Crippen LogP contribution in [-0.4, -0.2) is 106 Å². The molecule has 2 heterocycles. The molecule has 2 aromatic rings. The van der Waals surface area contributed by atoms with Crippen molar-refractivity contribution in [1.82, 2.24) is 30.5 Å². The van der Waals surface area contributed by atoms with Gasteiger partial charge in [-0.3, -0.25) is 24.0 Å². The molecule has 2 saturated carbocycles. The summed E-state index contributed by atoms with van der Waals surface area (Å²) >= 11 is 0. The van der Waals surface area contributed by atoms with Crippen molar-refractivity contribution in [3.05, 3.63) is 41.7 Å². The van der Waals surface area contributed by atoms with Gasteiger partial charge in [-0.15, -0.1) is 5.10 Å². The molecular weight excluding hydrogens is 719 g/mol. The summed E-state index contributed by atoms with van der Waals surface area (Å²) in [6.07, 6.45) is 9.02. The lowest BCUT2D eigenvalue weighted by atomic mass is 9.78. The van der Waals surface area contributed by atoms with Crippen LogP contribution < -0.4 is 16.4 Å². The molecule has 296 valence electrons. The first-order valence-corrected chi connectivity index (χ1v) is 20.4. The van der Waals surface area contributed by atoms with Gasteiger partial charge in [0.1, 0.15) is 23.2 Å². The maximum Gasteiger partial charge on any atom is 0.287 e. The molecule has 5 rings (SSSR count). The van der Waals surface area contributed by atoms with E-state index < -0.39 is 68.5 Å². The van der Waals surface area contributed by atoms with Crippen molar-refractivity contribution in [1.29, 1.82) is 0 Å². The Morgan fingerprint density at radius 2 is 1.69 bits per heavy atom. The fourth-order valence-corrected chi connectivity index (χ4v) is 9.27. The fourth-order valence-electron chi connectivity index (χ4n) is 8.10. The van der Waals surface area contributed by atoms with Crippen LogP contribution in [0.3, 0.4) is 0 Å². The maximum absolute atomic E-state index is 14.8. The Bertz CT molecular complexity index is 1790. The van der Waals surface area contributed by atoms with Gasteiger partial charge in [-0.1, -0.05) is 56.6 Å². The van der Waals surface area contributed by atoms with Crippen LogP contribution in [0.1, 0.15) is 113 Å². The molecule has 1 aromatic carbocycles. The number of amides is 4. The van der Waals surface area contributed by atoms with Gasteiger partial charge in [-0.2, -0.15) is 0 Å². The SMILES string of the molecule is COCCS(=O)(=O)c1ccc(C(=O)N[C@H](CC2CCCCC2)C(=O)N2CC(n3nncc3C(C)(C)O)CC2C(=O)NC2(C(=O)C(N)=O)CCCCC2)cc1. The minimum atomic E-state index is -3.64. The summed E-state index contributed by atoms with van der Waals surface area (Å²) in [5, 5.41) is 24.8. The van der Waals surface area contributed by atoms with Crippen molar-refractivity contribution in [2.45, 2.75) is 125 Å². The topological polar surface area (TPSA) is 233 Å². The number of Topliss-reactive ketones (excluding diaryl/α,β-unsaturated/α-hetero) is 1. The van der Waals surface area contributed by atoms with Crippen LogP contribution in [0.4, 0.5) is 0 Å². The highest BCUT2D eigenvalue weighted by molar-refractivity contribution is 7.91. The number of primary amides is 1. The average molecular weight is 772 g/mol. The van der Waals surface area contributed by atoms with Gasteiger partial charge >= 0.3 is 0 Å². The molecule has 4 amide bonds. The number of hydrogen-bond acceptors (Lipinski definition) is 11. The van der Waals surface area contributed by atoms with Crippen molar-refractivity contribution in [3.8, 4) is 0 Å². The number of carbonyl (C=O) groups is 5. The van der Waals surface area contributed by atoms with Gasteiger partial charge in [-0.25, -0.2) is 13.1 Å². The molecule has 2 unspecified atom stereocenters. The van der Waals surface area contributed by atoms with E-state index in [1.807, 2.05) is 0 Å². The van der Waals surface area contributed by atoms with E-state index in [0.29, 0.717) is 25.0 Å². The number of ketones is 1. The first kappa shape index (κ1) is 41.0. The molecule has 54 heavy (non-hydrogen) atoms. The number of aromatic nitrogens is 3. The number of aliphatic hydroxyl groups is 1. The summed E-state index contributed by atoms with van der Waals surface area (Å²) in [5.41, 5.74) is 3.12. The maximum atomic E-state index is 14.8. The van der Waals surface area contributed by atoms with Crippen molar-refractivity contribution in [2.24, 2.45) is 11.7 Å². The largest absolute Gasteiger partial charge is 0.384 e. The van der Waals surface area contributed by atoms with E-state index in [1.54, 1.807) is 13.8 Å². The standard InChI is InChI=1S/C37H53N7O9S/c1-36(2,50)30-22-39-42-44(30)26-21-29(34(48)41-37(31(45)32(38)46)16-8-5-9-17-37)43(23-26)35(49)28(20-24-10-6-4-7-11-24)40-33(47)25-12-14-27(15-13-25)54(51,52)19-18-53-3/h12-15,22,24,26,28-29,50H,4-11,16-21,23H2,1-3H3,(H2,38,46)(H,40,47)(H,41,48)/t26?,28-,29?/m1/s1. The minimum absolute atomic E-state index is 0.0182. The number of benzene rings is 1. The Hall–Kier alpha value is -4.22. The number of hydrogen-bond donors (Lipinski definition) is 4. The molecule has 16 nitrogen and oxygen atoms in total. The van der Waals surface area contributed by atoms with Gasteiger partial charge in [-0.05, 0) is 63.3 Å². The molecule has 0 radical (unpaired) electrons. The van der Waals surface area contributed by atoms with Gasteiger partial charge < -0.3 is 31.1 Å². The lowest BCUT2D eigenvalue weighted by Gasteiger charge is -2.38. The van der Waals surface area contributed by atoms with Crippen LogP contribution in [0, 0.1) is 5.92 Å². The predicted octanol–water partition coefficient (Wildman–Crippen LogP) is 1.71. The molecular formula is C37H53N7O9S. The zero-order chi connectivity index (χ0) is 39.3. The molecule has 2 aliphatic carbocycles. The zero-order valence-electron chi connectivity index (χ0n) is 31.3. The van der Waals surface area contributed by atoms with Crippen LogP contribution >= 0.6 is 0 Å². The monoisotopic (exact) mass is 771 g/mol. The molecule has 1 aliphatic heterocycles. The lowest BCUT2D eigenvalue weighted by molar-refractivity contribution is -0.145. The number of ether oxygens (including phenoxy) is 1. The second kappa shape index (κ2) is 17.1. The highest BCUT2D eigenvalue weighted by Gasteiger charge is 2.49. The Kier molecular flexibility index (Phi) is 12.9. The first-order valence-electron chi connectivity index (χ1n) is 18.8. The quantitative estimate of drug-likeness (QED) is 0.190. The van der Waals surface area contributed by atoms with E-state index in [-0.39, 0.29) is 54.5 Å². The minimum Gasteiger partial charge on any atom is -0.384 e. The van der Waals surface area contributed by atoms with E-state index in [4.69, 9.17) is 10.5 Å². The number of likely N-dealkylation sites (tertiary alicyclic amines) is 1. The summed E-state index contributed by atoms with van der Waals surface area (Å²) in [7, 11) is -2.23. The summed E-state index contributed by atoms with van der Waals surface area (Å²) in [5.74, 6) is -3.87. The van der Waals surface area contributed by atoms with Crippen molar-refractivity contribution >= 4 is 39.2 Å². The number of nitrogens with two attached hydrogens (primary N) is 1. The highest BCUT2D eigenvalue weighted by atomic mass is 32.2. The third-order valence-electron chi connectivity index (χ3n) is 11.1. The van der Waals surface area contributed by atoms with Crippen LogP contribution in [0.15, 0.2) is 35.4 Å². The number of methoxy groups -OCH3 is 1. The second-order valence-corrected chi connectivity index (χ2v) is 17.6. The molecule has 5 N–H and O–H groups in total. The molecule has 17 heteroatoms. The van der Waals surface area contributed by atoms with Gasteiger partial charge in [0.15, 0.2) is 9.84 Å². The number of nitrogens with one attached hydrogen (secondary N) is 2. The average Bonchev–Trinajstić information content (AvgIpc) is 3.83. The van der Waals surface area contributed by atoms with Gasteiger partial charge in [0.2, 0.25) is 17.6 Å². The van der Waals surface area contributed by atoms with Crippen LogP contribution in [0.25, 0.3) is 0 Å². The molecule has 1 saturated heterocycles. The van der Waals surface area contributed by atoms with Crippen molar-refractivity contribution in [2.75, 3.05) is 26.0 Å². The first-order chi connectivity index (χ1) is 25.6. The number of carbonyl (C=O) groups excluding carboxylic acids is 5. The van der Waals surface area contributed by atoms with Crippen LogP contribution in [0.5, 0.6) is 0 Å². The molecule has 3 atom stereocenters. The summed E-state index contributed by atoms with van der Waals surface area (Å²) in [6.45, 7) is 3.14. The zero-order valence-corrected chi connectivity index (χ0v) is 32.1. The molecule has 1 aromatic heterocycles. The van der Waals surface area contributed by atoms with E-state index in [2.05, 4.69) is 20.9 Å². The third kappa shape index (κ3) is 9.34. The van der Waals surface area contributed by atoms with Crippen LogP contribution in [-0.2, 0) is 39.4 Å².